The maximum absolute atomic E-state index is 5.35. The molecular formula is C13H11BrN2OS. The zero-order valence-electron chi connectivity index (χ0n) is 9.52. The number of H-pyrrole nitrogens is 1. The molecule has 3 nitrogen and oxygen atoms in total. The molecule has 0 aliphatic carbocycles. The summed E-state index contributed by atoms with van der Waals surface area (Å²) in [5, 5.41) is 0. The van der Waals surface area contributed by atoms with Gasteiger partial charge in [0.2, 0.25) is 0 Å². The maximum atomic E-state index is 5.35. The molecule has 0 aliphatic rings. The number of hydrogen-bond acceptors (Lipinski definition) is 2. The number of hydrogen-bond donors (Lipinski definition) is 1. The van der Waals surface area contributed by atoms with Crippen LogP contribution in [0.25, 0.3) is 11.0 Å². The van der Waals surface area contributed by atoms with Crippen molar-refractivity contribution in [1.29, 1.82) is 0 Å². The number of fused-ring (bicyclic) bond motifs is 1. The standard InChI is InChI=1S/C13H11BrN2OS/c14-9-3-4-11-12(8-9)16(13(18)15-11)6-5-10-2-1-7-17-10/h1-4,7-8H,5-6H2,(H,15,18). The number of nitrogens with zero attached hydrogens (tertiary/aromatic N) is 1. The van der Waals surface area contributed by atoms with Gasteiger partial charge in [-0.15, -0.1) is 0 Å². The van der Waals surface area contributed by atoms with Crippen LogP contribution < -0.4 is 0 Å². The molecule has 0 saturated carbocycles. The Kier molecular flexibility index (Phi) is 3.09. The normalized spacial score (nSPS) is 11.2. The third-order valence-corrected chi connectivity index (χ3v) is 3.71. The van der Waals surface area contributed by atoms with Crippen LogP contribution in [0.15, 0.2) is 45.5 Å². The van der Waals surface area contributed by atoms with Crippen molar-refractivity contribution in [3.8, 4) is 0 Å². The fourth-order valence-electron chi connectivity index (χ4n) is 2.02. The van der Waals surface area contributed by atoms with E-state index in [-0.39, 0.29) is 0 Å². The van der Waals surface area contributed by atoms with Crippen molar-refractivity contribution in [3.05, 3.63) is 51.6 Å². The Hall–Kier alpha value is -1.33. The van der Waals surface area contributed by atoms with Gasteiger partial charge in [0, 0.05) is 17.4 Å². The number of aromatic nitrogens is 2. The average Bonchev–Trinajstić information content (AvgIpc) is 2.94. The Morgan fingerprint density at radius 1 is 1.33 bits per heavy atom. The first kappa shape index (κ1) is 11.7. The lowest BCUT2D eigenvalue weighted by molar-refractivity contribution is 0.492. The molecule has 18 heavy (non-hydrogen) atoms. The SMILES string of the molecule is S=c1[nH]c2ccc(Br)cc2n1CCc1ccco1. The minimum Gasteiger partial charge on any atom is -0.469 e. The van der Waals surface area contributed by atoms with E-state index in [1.165, 1.54) is 0 Å². The number of aromatic amines is 1. The van der Waals surface area contributed by atoms with Gasteiger partial charge in [-0.1, -0.05) is 15.9 Å². The number of furan rings is 1. The molecule has 92 valence electrons. The highest BCUT2D eigenvalue weighted by Crippen LogP contribution is 2.20. The first-order chi connectivity index (χ1) is 8.74. The molecule has 0 aliphatic heterocycles. The van der Waals surface area contributed by atoms with Crippen LogP contribution in [-0.4, -0.2) is 9.55 Å². The number of aryl methyl sites for hydroxylation is 2. The minimum absolute atomic E-state index is 0.745. The lowest BCUT2D eigenvalue weighted by atomic mass is 10.3. The van der Waals surface area contributed by atoms with Crippen molar-refractivity contribution in [3.63, 3.8) is 0 Å². The number of nitrogens with one attached hydrogen (secondary N) is 1. The largest absolute Gasteiger partial charge is 0.469 e. The van der Waals surface area contributed by atoms with Gasteiger partial charge in [0.05, 0.1) is 17.3 Å². The summed E-state index contributed by atoms with van der Waals surface area (Å²) >= 11 is 8.84. The summed E-state index contributed by atoms with van der Waals surface area (Å²) in [6, 6.07) is 9.99. The molecule has 0 spiro atoms. The summed E-state index contributed by atoms with van der Waals surface area (Å²) in [6.07, 6.45) is 2.53. The fraction of sp³-hybridized carbons (Fsp3) is 0.154. The molecule has 3 rings (SSSR count). The molecular weight excluding hydrogens is 312 g/mol. The summed E-state index contributed by atoms with van der Waals surface area (Å²) in [5.74, 6) is 0.973. The molecule has 1 N–H and O–H groups in total. The van der Waals surface area contributed by atoms with Crippen LogP contribution in [0.5, 0.6) is 0 Å². The Morgan fingerprint density at radius 3 is 3.00 bits per heavy atom. The lowest BCUT2D eigenvalue weighted by Gasteiger charge is -2.03. The summed E-state index contributed by atoms with van der Waals surface area (Å²) in [6.45, 7) is 0.808. The fourth-order valence-corrected chi connectivity index (χ4v) is 2.67. The molecule has 5 heteroatoms. The van der Waals surface area contributed by atoms with E-state index in [1.807, 2.05) is 24.3 Å². The molecule has 0 saturated heterocycles. The van der Waals surface area contributed by atoms with Gasteiger partial charge in [-0.2, -0.15) is 0 Å². The van der Waals surface area contributed by atoms with Gasteiger partial charge in [-0.3, -0.25) is 0 Å². The molecule has 2 aromatic heterocycles. The second kappa shape index (κ2) is 4.74. The quantitative estimate of drug-likeness (QED) is 0.729. The predicted octanol–water partition coefficient (Wildman–Crippen LogP) is 4.30. The van der Waals surface area contributed by atoms with E-state index in [9.17, 15) is 0 Å². The van der Waals surface area contributed by atoms with Crippen LogP contribution in [0.2, 0.25) is 0 Å². The zero-order chi connectivity index (χ0) is 12.5. The molecule has 0 fully saturated rings. The highest BCUT2D eigenvalue weighted by molar-refractivity contribution is 9.10. The van der Waals surface area contributed by atoms with Gasteiger partial charge < -0.3 is 14.0 Å². The maximum Gasteiger partial charge on any atom is 0.178 e. The first-order valence-electron chi connectivity index (χ1n) is 5.64. The summed E-state index contributed by atoms with van der Waals surface area (Å²) < 4.78 is 9.23. The minimum atomic E-state index is 0.745. The van der Waals surface area contributed by atoms with Crippen molar-refractivity contribution < 1.29 is 4.42 Å². The number of halogens is 1. The van der Waals surface area contributed by atoms with Crippen molar-refractivity contribution in [2.45, 2.75) is 13.0 Å². The summed E-state index contributed by atoms with van der Waals surface area (Å²) in [4.78, 5) is 3.21. The van der Waals surface area contributed by atoms with Crippen molar-refractivity contribution in [2.75, 3.05) is 0 Å². The zero-order valence-corrected chi connectivity index (χ0v) is 11.9. The van der Waals surface area contributed by atoms with Gasteiger partial charge in [0.1, 0.15) is 5.76 Å². The highest BCUT2D eigenvalue weighted by atomic mass is 79.9. The van der Waals surface area contributed by atoms with E-state index in [0.29, 0.717) is 0 Å². The average molecular weight is 323 g/mol. The van der Waals surface area contributed by atoms with Gasteiger partial charge >= 0.3 is 0 Å². The Morgan fingerprint density at radius 2 is 2.22 bits per heavy atom. The third kappa shape index (κ3) is 2.15. The predicted molar refractivity (Wildman–Crippen MR) is 77.2 cm³/mol. The van der Waals surface area contributed by atoms with Crippen LogP contribution in [-0.2, 0) is 13.0 Å². The van der Waals surface area contributed by atoms with Gasteiger partial charge in [-0.05, 0) is 42.5 Å². The van der Waals surface area contributed by atoms with Crippen LogP contribution >= 0.6 is 28.1 Å². The Bertz CT molecular complexity index is 727. The van der Waals surface area contributed by atoms with E-state index < -0.39 is 0 Å². The smallest absolute Gasteiger partial charge is 0.178 e. The highest BCUT2D eigenvalue weighted by Gasteiger charge is 2.05. The molecule has 0 radical (unpaired) electrons. The van der Waals surface area contributed by atoms with Crippen molar-refractivity contribution in [2.24, 2.45) is 0 Å². The van der Waals surface area contributed by atoms with E-state index in [1.54, 1.807) is 6.26 Å². The van der Waals surface area contributed by atoms with Gasteiger partial charge in [0.25, 0.3) is 0 Å². The van der Waals surface area contributed by atoms with Crippen molar-refractivity contribution in [1.82, 2.24) is 9.55 Å². The molecule has 0 bridgehead atoms. The van der Waals surface area contributed by atoms with E-state index >= 15 is 0 Å². The second-order valence-corrected chi connectivity index (χ2v) is 5.37. The Balaban J connectivity index is 1.98. The summed E-state index contributed by atoms with van der Waals surface area (Å²) in [7, 11) is 0. The molecule has 1 aromatic carbocycles. The van der Waals surface area contributed by atoms with E-state index in [0.717, 1.165) is 39.0 Å². The number of imidazole rings is 1. The molecule has 0 unspecified atom stereocenters. The topological polar surface area (TPSA) is 33.9 Å². The van der Waals surface area contributed by atoms with Crippen LogP contribution in [0.4, 0.5) is 0 Å². The van der Waals surface area contributed by atoms with E-state index in [2.05, 4.69) is 31.5 Å². The number of benzene rings is 1. The van der Waals surface area contributed by atoms with Crippen LogP contribution in [0.1, 0.15) is 5.76 Å². The van der Waals surface area contributed by atoms with Gasteiger partial charge in [0.15, 0.2) is 4.77 Å². The monoisotopic (exact) mass is 322 g/mol. The first-order valence-corrected chi connectivity index (χ1v) is 6.84. The van der Waals surface area contributed by atoms with E-state index in [4.69, 9.17) is 16.6 Å². The number of rotatable bonds is 3. The third-order valence-electron chi connectivity index (χ3n) is 2.90. The van der Waals surface area contributed by atoms with Crippen LogP contribution in [0.3, 0.4) is 0 Å². The van der Waals surface area contributed by atoms with Gasteiger partial charge in [-0.25, -0.2) is 0 Å². The molecule has 3 aromatic rings. The summed E-state index contributed by atoms with van der Waals surface area (Å²) in [5.41, 5.74) is 2.17. The molecule has 0 atom stereocenters. The van der Waals surface area contributed by atoms with Crippen LogP contribution in [0, 0.1) is 4.77 Å². The lowest BCUT2D eigenvalue weighted by Crippen LogP contribution is -2.00. The van der Waals surface area contributed by atoms with Crippen molar-refractivity contribution >= 4 is 39.2 Å². The molecule has 0 amide bonds. The second-order valence-electron chi connectivity index (χ2n) is 4.07. The Labute approximate surface area is 118 Å². The molecule has 2 heterocycles.